The molecule has 1 aromatic rings. The lowest BCUT2D eigenvalue weighted by molar-refractivity contribution is -0.384. The maximum absolute atomic E-state index is 10.9. The molecule has 0 unspecified atom stereocenters. The summed E-state index contributed by atoms with van der Waals surface area (Å²) in [6.07, 6.45) is 6.27. The largest absolute Gasteiger partial charge is 0.398 e. The van der Waals surface area contributed by atoms with E-state index < -0.39 is 0 Å². The van der Waals surface area contributed by atoms with Crippen molar-refractivity contribution in [3.63, 3.8) is 0 Å². The number of rotatable bonds is 5. The second-order valence-corrected chi connectivity index (χ2v) is 6.14. The molecule has 0 spiro atoms. The molecule has 5 nitrogen and oxygen atoms in total. The summed E-state index contributed by atoms with van der Waals surface area (Å²) >= 11 is 0. The minimum Gasteiger partial charge on any atom is -0.398 e. The Morgan fingerprint density at radius 2 is 2.00 bits per heavy atom. The third-order valence-electron chi connectivity index (χ3n) is 4.77. The summed E-state index contributed by atoms with van der Waals surface area (Å²) in [7, 11) is 2.09. The zero-order chi connectivity index (χ0) is 15.4. The first-order valence-electron chi connectivity index (χ1n) is 7.74. The monoisotopic (exact) mass is 291 g/mol. The van der Waals surface area contributed by atoms with Crippen LogP contribution in [0, 0.1) is 16.0 Å². The molecule has 1 aliphatic carbocycles. The van der Waals surface area contributed by atoms with Gasteiger partial charge in [0.05, 0.1) is 4.92 Å². The summed E-state index contributed by atoms with van der Waals surface area (Å²) in [6.45, 7) is 2.94. The number of nitro benzene ring substituents is 1. The van der Waals surface area contributed by atoms with E-state index in [1.165, 1.54) is 38.2 Å². The summed E-state index contributed by atoms with van der Waals surface area (Å²) in [5, 5.41) is 10.9. The van der Waals surface area contributed by atoms with Gasteiger partial charge in [-0.2, -0.15) is 0 Å². The molecule has 0 heterocycles. The maximum Gasteiger partial charge on any atom is 0.269 e. The predicted molar refractivity (Wildman–Crippen MR) is 85.0 cm³/mol. The number of hydrogen-bond donors (Lipinski definition) is 1. The van der Waals surface area contributed by atoms with E-state index in [1.54, 1.807) is 12.1 Å². The number of anilines is 1. The van der Waals surface area contributed by atoms with E-state index in [-0.39, 0.29) is 10.6 Å². The van der Waals surface area contributed by atoms with E-state index in [1.807, 2.05) is 0 Å². The molecule has 0 aromatic heterocycles. The second-order valence-electron chi connectivity index (χ2n) is 6.14. The lowest BCUT2D eigenvalue weighted by atomic mass is 9.84. The number of nitrogen functional groups attached to an aromatic ring is 1. The second kappa shape index (κ2) is 6.89. The van der Waals surface area contributed by atoms with Gasteiger partial charge in [-0.3, -0.25) is 15.0 Å². The molecular weight excluding hydrogens is 266 g/mol. The van der Waals surface area contributed by atoms with Crippen LogP contribution in [0.25, 0.3) is 0 Å². The highest BCUT2D eigenvalue weighted by atomic mass is 16.6. The smallest absolute Gasteiger partial charge is 0.269 e. The lowest BCUT2D eigenvalue weighted by Gasteiger charge is -2.34. The van der Waals surface area contributed by atoms with Crippen molar-refractivity contribution in [3.8, 4) is 0 Å². The van der Waals surface area contributed by atoms with Crippen LogP contribution in [0.1, 0.15) is 44.6 Å². The Hall–Kier alpha value is -1.62. The Morgan fingerprint density at radius 3 is 2.57 bits per heavy atom. The van der Waals surface area contributed by atoms with E-state index in [4.69, 9.17) is 5.73 Å². The molecule has 0 aliphatic heterocycles. The van der Waals surface area contributed by atoms with Gasteiger partial charge >= 0.3 is 0 Å². The fourth-order valence-corrected chi connectivity index (χ4v) is 3.23. The zero-order valence-corrected chi connectivity index (χ0v) is 12.9. The Kier molecular flexibility index (Phi) is 5.17. The first kappa shape index (κ1) is 15.8. The number of benzene rings is 1. The third kappa shape index (κ3) is 3.94. The van der Waals surface area contributed by atoms with Crippen molar-refractivity contribution in [3.05, 3.63) is 33.9 Å². The zero-order valence-electron chi connectivity index (χ0n) is 12.9. The van der Waals surface area contributed by atoms with Crippen LogP contribution in [0.15, 0.2) is 18.2 Å². The Balaban J connectivity index is 2.01. The number of nitrogens with zero attached hydrogens (tertiary/aromatic N) is 2. The number of hydrogen-bond acceptors (Lipinski definition) is 4. The Bertz CT molecular complexity index is 496. The van der Waals surface area contributed by atoms with E-state index in [0.717, 1.165) is 11.5 Å². The molecule has 0 amide bonds. The van der Waals surface area contributed by atoms with Crippen molar-refractivity contribution in [2.24, 2.45) is 5.92 Å². The maximum atomic E-state index is 10.9. The summed E-state index contributed by atoms with van der Waals surface area (Å²) in [5.41, 5.74) is 7.56. The van der Waals surface area contributed by atoms with E-state index in [2.05, 4.69) is 18.9 Å². The van der Waals surface area contributed by atoms with Gasteiger partial charge in [0.1, 0.15) is 0 Å². The number of non-ortho nitro benzene ring substituents is 1. The molecule has 1 aliphatic rings. The van der Waals surface area contributed by atoms with Crippen molar-refractivity contribution in [2.75, 3.05) is 12.8 Å². The molecule has 116 valence electrons. The van der Waals surface area contributed by atoms with Crippen LogP contribution < -0.4 is 5.73 Å². The van der Waals surface area contributed by atoms with Crippen LogP contribution in [-0.4, -0.2) is 22.9 Å². The first-order valence-corrected chi connectivity index (χ1v) is 7.74. The topological polar surface area (TPSA) is 72.4 Å². The van der Waals surface area contributed by atoms with Crippen LogP contribution in [0.5, 0.6) is 0 Å². The van der Waals surface area contributed by atoms with Crippen molar-refractivity contribution in [2.45, 2.75) is 51.6 Å². The molecule has 21 heavy (non-hydrogen) atoms. The van der Waals surface area contributed by atoms with E-state index >= 15 is 0 Å². The normalized spacial score (nSPS) is 22.4. The molecule has 0 atom stereocenters. The lowest BCUT2D eigenvalue weighted by Crippen LogP contribution is -2.34. The molecule has 0 bridgehead atoms. The summed E-state index contributed by atoms with van der Waals surface area (Å²) < 4.78 is 0. The molecular formula is C16H25N3O2. The third-order valence-corrected chi connectivity index (χ3v) is 4.77. The highest BCUT2D eigenvalue weighted by Gasteiger charge is 2.23. The van der Waals surface area contributed by atoms with Crippen molar-refractivity contribution < 1.29 is 4.92 Å². The summed E-state index contributed by atoms with van der Waals surface area (Å²) in [6, 6.07) is 5.26. The van der Waals surface area contributed by atoms with Crippen molar-refractivity contribution in [1.29, 1.82) is 0 Å². The average molecular weight is 291 g/mol. The van der Waals surface area contributed by atoms with Gasteiger partial charge in [0.25, 0.3) is 5.69 Å². The highest BCUT2D eigenvalue weighted by Crippen LogP contribution is 2.30. The molecule has 1 aromatic carbocycles. The summed E-state index contributed by atoms with van der Waals surface area (Å²) in [4.78, 5) is 12.8. The van der Waals surface area contributed by atoms with Gasteiger partial charge in [-0.25, -0.2) is 0 Å². The molecule has 0 radical (unpaired) electrons. The molecule has 1 saturated carbocycles. The van der Waals surface area contributed by atoms with Crippen molar-refractivity contribution >= 4 is 11.4 Å². The van der Waals surface area contributed by atoms with Crippen LogP contribution >= 0.6 is 0 Å². The molecule has 2 N–H and O–H groups in total. The fourth-order valence-electron chi connectivity index (χ4n) is 3.23. The first-order chi connectivity index (χ1) is 10.0. The number of nitrogens with two attached hydrogens (primary N) is 1. The quantitative estimate of drug-likeness (QED) is 0.511. The van der Waals surface area contributed by atoms with Gasteiger partial charge in [-0.1, -0.05) is 13.3 Å². The minimum atomic E-state index is -0.366. The van der Waals surface area contributed by atoms with Gasteiger partial charge in [0, 0.05) is 30.4 Å². The molecule has 5 heteroatoms. The molecule has 2 rings (SSSR count). The van der Waals surface area contributed by atoms with Crippen LogP contribution in [0.4, 0.5) is 11.4 Å². The SMILES string of the molecule is CCC1CCC(N(C)Cc2cc([N+](=O)[O-])ccc2N)CC1. The molecule has 1 fully saturated rings. The standard InChI is InChI=1S/C16H25N3O2/c1-3-12-4-6-14(7-5-12)18(2)11-13-10-15(19(20)21)8-9-16(13)17/h8-10,12,14H,3-7,11,17H2,1-2H3. The summed E-state index contributed by atoms with van der Waals surface area (Å²) in [5.74, 6) is 0.873. The van der Waals surface area contributed by atoms with Gasteiger partial charge in [0.2, 0.25) is 0 Å². The van der Waals surface area contributed by atoms with Gasteiger partial charge in [0.15, 0.2) is 0 Å². The number of nitro groups is 1. The fraction of sp³-hybridized carbons (Fsp3) is 0.625. The average Bonchev–Trinajstić information content (AvgIpc) is 2.49. The van der Waals surface area contributed by atoms with Crippen LogP contribution in [0.3, 0.4) is 0 Å². The van der Waals surface area contributed by atoms with Gasteiger partial charge < -0.3 is 5.73 Å². The Labute approximate surface area is 126 Å². The minimum absolute atomic E-state index is 0.113. The van der Waals surface area contributed by atoms with E-state index in [0.29, 0.717) is 18.3 Å². The molecule has 0 saturated heterocycles. The van der Waals surface area contributed by atoms with Gasteiger partial charge in [-0.05, 0) is 50.3 Å². The van der Waals surface area contributed by atoms with Gasteiger partial charge in [-0.15, -0.1) is 0 Å². The van der Waals surface area contributed by atoms with E-state index in [9.17, 15) is 10.1 Å². The van der Waals surface area contributed by atoms with Crippen LogP contribution in [0.2, 0.25) is 0 Å². The predicted octanol–water partition coefficient (Wildman–Crippen LogP) is 3.58. The van der Waals surface area contributed by atoms with Crippen LogP contribution in [-0.2, 0) is 6.54 Å². The Morgan fingerprint density at radius 1 is 1.33 bits per heavy atom. The highest BCUT2D eigenvalue weighted by molar-refractivity contribution is 5.52. The van der Waals surface area contributed by atoms with Crippen molar-refractivity contribution in [1.82, 2.24) is 4.90 Å².